The lowest BCUT2D eigenvalue weighted by Crippen LogP contribution is -2.21. The summed E-state index contributed by atoms with van der Waals surface area (Å²) in [4.78, 5) is 24.1. The van der Waals surface area contributed by atoms with Crippen LogP contribution in [-0.4, -0.2) is 22.6 Å². The molecule has 1 N–H and O–H groups in total. The minimum absolute atomic E-state index is 0.143. The highest BCUT2D eigenvalue weighted by Gasteiger charge is 2.15. The normalized spacial score (nSPS) is 10.9. The smallest absolute Gasteiger partial charge is 0.214 e. The first-order valence-electron chi connectivity index (χ1n) is 6.56. The number of carbonyl (C=O) groups excluding carboxylic acids is 1. The average Bonchev–Trinajstić information content (AvgIpc) is 2.55. The lowest BCUT2D eigenvalue weighted by Gasteiger charge is -2.07. The zero-order chi connectivity index (χ0) is 16.1. The molecular formula is C16H14N4O2. The largest absolute Gasteiger partial charge is 0.394 e. The molecule has 0 spiro atoms. The van der Waals surface area contributed by atoms with E-state index in [1.165, 1.54) is 23.1 Å². The number of carbonyl (C=O) groups is 1. The van der Waals surface area contributed by atoms with Gasteiger partial charge in [-0.15, -0.1) is 0 Å². The van der Waals surface area contributed by atoms with Gasteiger partial charge >= 0.3 is 0 Å². The molecule has 6 nitrogen and oxygen atoms in total. The van der Waals surface area contributed by atoms with Gasteiger partial charge in [0, 0.05) is 31.1 Å². The molecule has 1 aromatic heterocycles. The van der Waals surface area contributed by atoms with Crippen LogP contribution < -0.4 is 10.7 Å². The van der Waals surface area contributed by atoms with Gasteiger partial charge in [-0.2, -0.15) is 10.4 Å². The highest BCUT2D eigenvalue weighted by atomic mass is 16.1. The van der Waals surface area contributed by atoms with Crippen molar-refractivity contribution in [1.29, 1.82) is 5.26 Å². The van der Waals surface area contributed by atoms with Gasteiger partial charge in [-0.25, -0.2) is 4.68 Å². The molecule has 0 aliphatic heterocycles. The van der Waals surface area contributed by atoms with Crippen molar-refractivity contribution in [3.05, 3.63) is 69.8 Å². The maximum atomic E-state index is 12.2. The van der Waals surface area contributed by atoms with Crippen LogP contribution in [0.2, 0.25) is 0 Å². The molecule has 0 unspecified atom stereocenters. The number of nitriles is 1. The summed E-state index contributed by atoms with van der Waals surface area (Å²) in [5.74, 6) is -0.428. The third kappa shape index (κ3) is 3.10. The van der Waals surface area contributed by atoms with Crippen LogP contribution in [-0.2, 0) is 0 Å². The van der Waals surface area contributed by atoms with Crippen LogP contribution in [0.25, 0.3) is 5.69 Å². The number of nitrogens with one attached hydrogen (secondary N) is 1. The monoisotopic (exact) mass is 294 g/mol. The number of benzene rings is 1. The molecule has 0 radical (unpaired) electrons. The van der Waals surface area contributed by atoms with Crippen molar-refractivity contribution in [1.82, 2.24) is 15.1 Å². The zero-order valence-corrected chi connectivity index (χ0v) is 12.2. The Morgan fingerprint density at radius 2 is 2.00 bits per heavy atom. The third-order valence-electron chi connectivity index (χ3n) is 3.00. The van der Waals surface area contributed by atoms with Crippen LogP contribution >= 0.6 is 0 Å². The molecule has 0 bridgehead atoms. The van der Waals surface area contributed by atoms with E-state index in [0.717, 1.165) is 0 Å². The third-order valence-corrected chi connectivity index (χ3v) is 3.00. The lowest BCUT2D eigenvalue weighted by atomic mass is 10.1. The van der Waals surface area contributed by atoms with E-state index in [0.29, 0.717) is 16.8 Å². The van der Waals surface area contributed by atoms with Crippen LogP contribution in [0, 0.1) is 11.3 Å². The molecule has 0 aliphatic rings. The molecule has 22 heavy (non-hydrogen) atoms. The fourth-order valence-corrected chi connectivity index (χ4v) is 1.87. The minimum atomic E-state index is -0.432. The molecule has 2 rings (SSSR count). The van der Waals surface area contributed by atoms with Crippen molar-refractivity contribution in [3.63, 3.8) is 0 Å². The molecule has 0 amide bonds. The molecule has 0 fully saturated rings. The molecule has 110 valence electrons. The van der Waals surface area contributed by atoms with Gasteiger partial charge < -0.3 is 5.32 Å². The van der Waals surface area contributed by atoms with Crippen molar-refractivity contribution in [2.24, 2.45) is 0 Å². The minimum Gasteiger partial charge on any atom is -0.394 e. The Morgan fingerprint density at radius 3 is 2.59 bits per heavy atom. The number of hydrogen-bond acceptors (Lipinski definition) is 5. The fourth-order valence-electron chi connectivity index (χ4n) is 1.87. The highest BCUT2D eigenvalue weighted by Crippen LogP contribution is 2.08. The predicted molar refractivity (Wildman–Crippen MR) is 81.7 cm³/mol. The van der Waals surface area contributed by atoms with Crippen molar-refractivity contribution in [2.75, 3.05) is 7.05 Å². The van der Waals surface area contributed by atoms with E-state index in [9.17, 15) is 9.59 Å². The molecule has 1 aromatic carbocycles. The van der Waals surface area contributed by atoms with Crippen molar-refractivity contribution in [3.8, 4) is 11.8 Å². The Kier molecular flexibility index (Phi) is 4.49. The van der Waals surface area contributed by atoms with E-state index < -0.39 is 11.2 Å². The Labute approximate surface area is 127 Å². The van der Waals surface area contributed by atoms with Gasteiger partial charge in [0.15, 0.2) is 5.69 Å². The van der Waals surface area contributed by atoms with Gasteiger partial charge in [-0.05, 0) is 31.2 Å². The Balaban J connectivity index is 2.46. The van der Waals surface area contributed by atoms with E-state index in [4.69, 9.17) is 5.26 Å². The Bertz CT molecular complexity index is 826. The van der Waals surface area contributed by atoms with Crippen LogP contribution in [0.1, 0.15) is 23.0 Å². The summed E-state index contributed by atoms with van der Waals surface area (Å²) in [6.45, 7) is 1.61. The standard InChI is InChI=1S/C16H14N4O2/c1-11(10-18-2)16(22)15-14(21)7-8-20(19-15)13-5-3-12(9-17)4-6-13/h3-8,10,18H,1-2H3/b11-10+. The van der Waals surface area contributed by atoms with Crippen LogP contribution in [0.15, 0.2) is 53.1 Å². The van der Waals surface area contributed by atoms with Crippen molar-refractivity contribution < 1.29 is 4.79 Å². The van der Waals surface area contributed by atoms with Gasteiger partial charge in [0.25, 0.3) is 0 Å². The van der Waals surface area contributed by atoms with Gasteiger partial charge in [0.2, 0.25) is 11.2 Å². The number of aromatic nitrogens is 2. The number of Topliss-reactive ketones (excluding diaryl/α,β-unsaturated/α-hetero) is 1. The lowest BCUT2D eigenvalue weighted by molar-refractivity contribution is 0.102. The Hall–Kier alpha value is -3.20. The van der Waals surface area contributed by atoms with E-state index in [1.54, 1.807) is 38.2 Å². The Morgan fingerprint density at radius 1 is 1.32 bits per heavy atom. The first-order valence-corrected chi connectivity index (χ1v) is 6.56. The SMILES string of the molecule is CN/C=C(\C)C(=O)c1nn(-c2ccc(C#N)cc2)ccc1=O. The van der Waals surface area contributed by atoms with Gasteiger partial charge in [0.05, 0.1) is 17.3 Å². The number of nitrogens with zero attached hydrogens (tertiary/aromatic N) is 3. The summed E-state index contributed by atoms with van der Waals surface area (Å²) in [5.41, 5.74) is 0.997. The summed E-state index contributed by atoms with van der Waals surface area (Å²) in [6.07, 6.45) is 3.00. The van der Waals surface area contributed by atoms with Crippen LogP contribution in [0.4, 0.5) is 0 Å². The second kappa shape index (κ2) is 6.50. The summed E-state index contributed by atoms with van der Waals surface area (Å²) >= 11 is 0. The molecule has 1 heterocycles. The highest BCUT2D eigenvalue weighted by molar-refractivity contribution is 6.06. The van der Waals surface area contributed by atoms with E-state index >= 15 is 0 Å². The van der Waals surface area contributed by atoms with Crippen molar-refractivity contribution >= 4 is 5.78 Å². The molecule has 0 atom stereocenters. The maximum Gasteiger partial charge on any atom is 0.214 e. The number of allylic oxidation sites excluding steroid dienone is 1. The summed E-state index contributed by atoms with van der Waals surface area (Å²) in [5, 5.41) is 15.6. The van der Waals surface area contributed by atoms with Crippen molar-refractivity contribution in [2.45, 2.75) is 6.92 Å². The number of ketones is 1. The fraction of sp³-hybridized carbons (Fsp3) is 0.125. The quantitative estimate of drug-likeness (QED) is 0.680. The first kappa shape index (κ1) is 15.2. The molecule has 2 aromatic rings. The number of rotatable bonds is 4. The van der Waals surface area contributed by atoms with E-state index in [2.05, 4.69) is 10.4 Å². The van der Waals surface area contributed by atoms with Crippen LogP contribution in [0.5, 0.6) is 0 Å². The summed E-state index contributed by atoms with van der Waals surface area (Å²) in [7, 11) is 1.67. The number of hydrogen-bond donors (Lipinski definition) is 1. The van der Waals surface area contributed by atoms with Crippen LogP contribution in [0.3, 0.4) is 0 Å². The zero-order valence-electron chi connectivity index (χ0n) is 12.2. The van der Waals surface area contributed by atoms with Gasteiger partial charge in [-0.1, -0.05) is 0 Å². The van der Waals surface area contributed by atoms with Gasteiger partial charge in [0.1, 0.15) is 0 Å². The molecule has 0 saturated heterocycles. The molecule has 0 aliphatic carbocycles. The second-order valence-corrected chi connectivity index (χ2v) is 4.58. The second-order valence-electron chi connectivity index (χ2n) is 4.58. The molecule has 6 heteroatoms. The van der Waals surface area contributed by atoms with Gasteiger partial charge in [-0.3, -0.25) is 9.59 Å². The van der Waals surface area contributed by atoms with E-state index in [1.807, 2.05) is 6.07 Å². The molecular weight excluding hydrogens is 280 g/mol. The van der Waals surface area contributed by atoms with E-state index in [-0.39, 0.29) is 5.69 Å². The average molecular weight is 294 g/mol. The predicted octanol–water partition coefficient (Wildman–Crippen LogP) is 1.41. The maximum absolute atomic E-state index is 12.2. The summed E-state index contributed by atoms with van der Waals surface area (Å²) in [6, 6.07) is 10.00. The molecule has 0 saturated carbocycles. The topological polar surface area (TPSA) is 87.8 Å². The summed E-state index contributed by atoms with van der Waals surface area (Å²) < 4.78 is 1.43. The first-order chi connectivity index (χ1) is 10.6.